The summed E-state index contributed by atoms with van der Waals surface area (Å²) >= 11 is 0. The largest absolute Gasteiger partial charge is 0.480 e. The number of carboxylic acid groups (broad SMARTS) is 1. The van der Waals surface area contributed by atoms with Gasteiger partial charge in [-0.2, -0.15) is 13.2 Å². The number of amides is 2. The quantitative estimate of drug-likeness (QED) is 0.718. The van der Waals surface area contributed by atoms with Crippen molar-refractivity contribution in [2.24, 2.45) is 5.92 Å². The summed E-state index contributed by atoms with van der Waals surface area (Å²) in [6.07, 6.45) is -3.61. The average Bonchev–Trinajstić information content (AvgIpc) is 2.58. The van der Waals surface area contributed by atoms with Gasteiger partial charge in [0, 0.05) is 30.7 Å². The summed E-state index contributed by atoms with van der Waals surface area (Å²) in [6, 6.07) is 1.07. The van der Waals surface area contributed by atoms with Crippen molar-refractivity contribution in [2.75, 3.05) is 18.5 Å². The highest BCUT2D eigenvalue weighted by Gasteiger charge is 2.34. The van der Waals surface area contributed by atoms with Crippen molar-refractivity contribution in [3.63, 3.8) is 0 Å². The topological polar surface area (TPSA) is 105 Å². The second-order valence-corrected chi connectivity index (χ2v) is 6.24. The van der Waals surface area contributed by atoms with E-state index in [0.717, 1.165) is 13.0 Å². The first-order valence-corrected chi connectivity index (χ1v) is 8.19. The van der Waals surface area contributed by atoms with E-state index >= 15 is 0 Å². The number of benzene rings is 1. The van der Waals surface area contributed by atoms with Crippen LogP contribution >= 0.6 is 0 Å². The van der Waals surface area contributed by atoms with Crippen molar-refractivity contribution in [1.82, 2.24) is 5.32 Å². The van der Waals surface area contributed by atoms with E-state index < -0.39 is 47.0 Å². The van der Waals surface area contributed by atoms with Gasteiger partial charge in [-0.15, -0.1) is 0 Å². The van der Waals surface area contributed by atoms with E-state index in [1.807, 2.05) is 0 Å². The first-order valence-electron chi connectivity index (χ1n) is 8.19. The summed E-state index contributed by atoms with van der Waals surface area (Å²) in [5.41, 5.74) is -1.75. The van der Waals surface area contributed by atoms with Gasteiger partial charge >= 0.3 is 12.1 Å². The van der Waals surface area contributed by atoms with E-state index in [2.05, 4.69) is 10.6 Å². The molecule has 1 heterocycles. The molecule has 1 aromatic carbocycles. The molecular weight excluding hydrogens is 369 g/mol. The van der Waals surface area contributed by atoms with Crippen molar-refractivity contribution in [3.05, 3.63) is 29.3 Å². The van der Waals surface area contributed by atoms with Gasteiger partial charge in [0.1, 0.15) is 6.04 Å². The summed E-state index contributed by atoms with van der Waals surface area (Å²) in [4.78, 5) is 35.1. The molecule has 1 aromatic rings. The van der Waals surface area contributed by atoms with Gasteiger partial charge in [-0.1, -0.05) is 0 Å². The molecule has 7 nitrogen and oxygen atoms in total. The molecule has 2 amide bonds. The van der Waals surface area contributed by atoms with Gasteiger partial charge in [0.15, 0.2) is 0 Å². The Morgan fingerprint density at radius 1 is 1.26 bits per heavy atom. The van der Waals surface area contributed by atoms with Gasteiger partial charge in [-0.25, -0.2) is 4.79 Å². The smallest absolute Gasteiger partial charge is 0.416 e. The van der Waals surface area contributed by atoms with Crippen LogP contribution < -0.4 is 10.6 Å². The third kappa shape index (κ3) is 5.68. The number of carbonyl (C=O) groups excluding carboxylic acids is 2. The van der Waals surface area contributed by atoms with E-state index in [-0.39, 0.29) is 12.3 Å². The number of carbonyl (C=O) groups is 3. The molecule has 2 rings (SSSR count). The number of nitrogens with one attached hydrogen (secondary N) is 2. The van der Waals surface area contributed by atoms with Crippen LogP contribution in [0.5, 0.6) is 0 Å². The van der Waals surface area contributed by atoms with Crippen LogP contribution in [-0.2, 0) is 20.5 Å². The monoisotopic (exact) mass is 388 g/mol. The zero-order valence-electron chi connectivity index (χ0n) is 14.4. The number of alkyl halides is 3. The number of anilines is 1. The standard InChI is InChI=1S/C17H19F3N2O5/c1-9(23)21-13-6-11(5-12(7-13)17(18,19)20)15(24)22-14(16(25)26)10-3-2-4-27-8-10/h5-7,10,14H,2-4,8H2,1H3,(H,21,23)(H,22,24)(H,25,26). The Hall–Kier alpha value is -2.62. The molecule has 1 saturated heterocycles. The minimum absolute atomic E-state index is 0.136. The van der Waals surface area contributed by atoms with Crippen LogP contribution in [0.2, 0.25) is 0 Å². The molecule has 0 aromatic heterocycles. The minimum Gasteiger partial charge on any atom is -0.480 e. The molecule has 2 atom stereocenters. The van der Waals surface area contributed by atoms with Crippen LogP contribution in [0, 0.1) is 5.92 Å². The number of rotatable bonds is 5. The SMILES string of the molecule is CC(=O)Nc1cc(C(=O)NC(C(=O)O)C2CCCOC2)cc(C(F)(F)F)c1. The van der Waals surface area contributed by atoms with Gasteiger partial charge in [-0.05, 0) is 31.0 Å². The van der Waals surface area contributed by atoms with Gasteiger partial charge in [-0.3, -0.25) is 9.59 Å². The van der Waals surface area contributed by atoms with Crippen molar-refractivity contribution in [3.8, 4) is 0 Å². The second-order valence-electron chi connectivity index (χ2n) is 6.24. The Balaban J connectivity index is 2.29. The van der Waals surface area contributed by atoms with E-state index in [1.54, 1.807) is 0 Å². The van der Waals surface area contributed by atoms with Crippen LogP contribution in [0.15, 0.2) is 18.2 Å². The maximum atomic E-state index is 13.1. The molecule has 27 heavy (non-hydrogen) atoms. The molecule has 0 aliphatic carbocycles. The lowest BCUT2D eigenvalue weighted by atomic mass is 9.93. The highest BCUT2D eigenvalue weighted by atomic mass is 19.4. The van der Waals surface area contributed by atoms with Crippen LogP contribution in [0.25, 0.3) is 0 Å². The lowest BCUT2D eigenvalue weighted by Gasteiger charge is -2.28. The van der Waals surface area contributed by atoms with Gasteiger partial charge in [0.2, 0.25) is 5.91 Å². The average molecular weight is 388 g/mol. The molecule has 3 N–H and O–H groups in total. The number of hydrogen-bond acceptors (Lipinski definition) is 4. The molecule has 0 radical (unpaired) electrons. The van der Waals surface area contributed by atoms with Crippen molar-refractivity contribution < 1.29 is 37.4 Å². The number of aliphatic carboxylic acids is 1. The van der Waals surface area contributed by atoms with Crippen molar-refractivity contribution in [1.29, 1.82) is 0 Å². The molecule has 0 bridgehead atoms. The molecule has 0 spiro atoms. The first kappa shape index (κ1) is 20.7. The summed E-state index contributed by atoms with van der Waals surface area (Å²) in [7, 11) is 0. The molecule has 1 aliphatic rings. The minimum atomic E-state index is -4.74. The van der Waals surface area contributed by atoms with Crippen LogP contribution in [0.1, 0.15) is 35.7 Å². The summed E-state index contributed by atoms with van der Waals surface area (Å²) < 4.78 is 44.4. The summed E-state index contributed by atoms with van der Waals surface area (Å²) in [6.45, 7) is 1.74. The summed E-state index contributed by atoms with van der Waals surface area (Å²) in [5, 5.41) is 13.8. The fourth-order valence-electron chi connectivity index (χ4n) is 2.83. The Bertz CT molecular complexity index is 730. The molecule has 1 aliphatic heterocycles. The molecule has 0 saturated carbocycles. The first-order chi connectivity index (χ1) is 12.6. The van der Waals surface area contributed by atoms with Crippen LogP contribution in [0.3, 0.4) is 0 Å². The highest BCUT2D eigenvalue weighted by molar-refractivity contribution is 5.99. The third-order valence-electron chi connectivity index (χ3n) is 4.06. The van der Waals surface area contributed by atoms with E-state index in [9.17, 15) is 32.7 Å². The molecule has 2 unspecified atom stereocenters. The van der Waals surface area contributed by atoms with Crippen LogP contribution in [-0.4, -0.2) is 42.1 Å². The predicted octanol–water partition coefficient (Wildman–Crippen LogP) is 2.27. The Kier molecular flexibility index (Phi) is 6.42. The number of halogens is 3. The zero-order valence-corrected chi connectivity index (χ0v) is 14.4. The van der Waals surface area contributed by atoms with Gasteiger partial charge < -0.3 is 20.5 Å². The zero-order chi connectivity index (χ0) is 20.2. The second kappa shape index (κ2) is 8.38. The van der Waals surface area contributed by atoms with Crippen LogP contribution in [0.4, 0.5) is 18.9 Å². The van der Waals surface area contributed by atoms with Crippen molar-refractivity contribution in [2.45, 2.75) is 32.0 Å². The lowest BCUT2D eigenvalue weighted by molar-refractivity contribution is -0.142. The fourth-order valence-corrected chi connectivity index (χ4v) is 2.83. The summed E-state index contributed by atoms with van der Waals surface area (Å²) in [5.74, 6) is -3.37. The van der Waals surface area contributed by atoms with Gasteiger partial charge in [0.25, 0.3) is 5.91 Å². The molecule has 148 valence electrons. The third-order valence-corrected chi connectivity index (χ3v) is 4.06. The molecular formula is C17H19F3N2O5. The predicted molar refractivity (Wildman–Crippen MR) is 88.2 cm³/mol. The van der Waals surface area contributed by atoms with E-state index in [4.69, 9.17) is 4.74 Å². The normalized spacial score (nSPS) is 18.4. The lowest BCUT2D eigenvalue weighted by Crippen LogP contribution is -2.48. The highest BCUT2D eigenvalue weighted by Crippen LogP contribution is 2.32. The van der Waals surface area contributed by atoms with E-state index in [1.165, 1.54) is 0 Å². The Morgan fingerprint density at radius 3 is 2.48 bits per heavy atom. The van der Waals surface area contributed by atoms with E-state index in [0.29, 0.717) is 31.6 Å². The Morgan fingerprint density at radius 2 is 1.96 bits per heavy atom. The fraction of sp³-hybridized carbons (Fsp3) is 0.471. The van der Waals surface area contributed by atoms with Gasteiger partial charge in [0.05, 0.1) is 12.2 Å². The number of carboxylic acids is 1. The number of hydrogen-bond donors (Lipinski definition) is 3. The maximum Gasteiger partial charge on any atom is 0.416 e. The molecule has 1 fully saturated rings. The number of ether oxygens (including phenoxy) is 1. The Labute approximate surface area is 152 Å². The van der Waals surface area contributed by atoms with Crippen molar-refractivity contribution >= 4 is 23.5 Å². The maximum absolute atomic E-state index is 13.1. The molecule has 10 heteroatoms.